The number of amides is 1. The van der Waals surface area contributed by atoms with Crippen molar-refractivity contribution >= 4 is 38.7 Å². The van der Waals surface area contributed by atoms with E-state index in [2.05, 4.69) is 30.9 Å². The molecule has 0 aromatic carbocycles. The molecule has 0 saturated carbocycles. The molecule has 7 nitrogen and oxygen atoms in total. The zero-order valence-corrected chi connectivity index (χ0v) is 17.9. The number of anilines is 1. The van der Waals surface area contributed by atoms with Crippen molar-refractivity contribution in [3.8, 4) is 0 Å². The number of carbonyl (C=O) groups is 1. The number of carbonyl (C=O) groups excluding carboxylic acids is 1. The van der Waals surface area contributed by atoms with E-state index in [1.807, 2.05) is 13.8 Å². The van der Waals surface area contributed by atoms with Crippen LogP contribution in [0.15, 0.2) is 22.8 Å². The Morgan fingerprint density at radius 3 is 2.97 bits per heavy atom. The lowest BCUT2D eigenvalue weighted by Gasteiger charge is -2.27. The highest BCUT2D eigenvalue weighted by Crippen LogP contribution is 2.38. The molecular formula is C20H21BrFN5O2. The number of nitrogens with one attached hydrogen (secondary N) is 1. The van der Waals surface area contributed by atoms with Gasteiger partial charge in [0.1, 0.15) is 17.3 Å². The Morgan fingerprint density at radius 2 is 2.28 bits per heavy atom. The molecule has 152 valence electrons. The van der Waals surface area contributed by atoms with E-state index >= 15 is 0 Å². The molecule has 2 atom stereocenters. The van der Waals surface area contributed by atoms with Crippen molar-refractivity contribution in [3.63, 3.8) is 0 Å². The van der Waals surface area contributed by atoms with Crippen molar-refractivity contribution in [3.05, 3.63) is 51.1 Å². The van der Waals surface area contributed by atoms with E-state index in [9.17, 15) is 9.18 Å². The van der Waals surface area contributed by atoms with Gasteiger partial charge in [-0.2, -0.15) is 0 Å². The third-order valence-corrected chi connectivity index (χ3v) is 5.79. The first-order chi connectivity index (χ1) is 13.8. The Morgan fingerprint density at radius 1 is 1.52 bits per heavy atom. The van der Waals surface area contributed by atoms with Crippen molar-refractivity contribution in [2.75, 3.05) is 12.3 Å². The maximum Gasteiger partial charge on any atom is 0.270 e. The van der Waals surface area contributed by atoms with Gasteiger partial charge < -0.3 is 20.4 Å². The van der Waals surface area contributed by atoms with Crippen LogP contribution in [0, 0.1) is 5.82 Å². The van der Waals surface area contributed by atoms with E-state index in [-0.39, 0.29) is 17.7 Å². The van der Waals surface area contributed by atoms with Gasteiger partial charge in [0.15, 0.2) is 0 Å². The summed E-state index contributed by atoms with van der Waals surface area (Å²) in [5.74, 6) is -0.313. The highest BCUT2D eigenvalue weighted by molar-refractivity contribution is 9.10. The number of halogens is 2. The molecule has 9 heteroatoms. The number of hydrogen-bond donors (Lipinski definition) is 2. The first kappa shape index (κ1) is 19.8. The molecule has 0 saturated heterocycles. The molecule has 3 N–H and O–H groups in total. The number of ether oxygens (including phenoxy) is 1. The predicted molar refractivity (Wildman–Crippen MR) is 111 cm³/mol. The van der Waals surface area contributed by atoms with Crippen LogP contribution in [0.5, 0.6) is 0 Å². The second-order valence-electron chi connectivity index (χ2n) is 7.07. The fourth-order valence-corrected chi connectivity index (χ4v) is 4.18. The Bertz CT molecular complexity index is 1120. The van der Waals surface area contributed by atoms with Gasteiger partial charge in [-0.3, -0.25) is 9.78 Å². The van der Waals surface area contributed by atoms with Crippen LogP contribution in [0.4, 0.5) is 10.2 Å². The lowest BCUT2D eigenvalue weighted by molar-refractivity contribution is 0.0690. The molecule has 0 fully saturated rings. The summed E-state index contributed by atoms with van der Waals surface area (Å²) >= 11 is 3.20. The lowest BCUT2D eigenvalue weighted by atomic mass is 10.1. The molecule has 4 heterocycles. The minimum Gasteiger partial charge on any atom is -0.383 e. The summed E-state index contributed by atoms with van der Waals surface area (Å²) in [4.78, 5) is 26.6. The van der Waals surface area contributed by atoms with Crippen molar-refractivity contribution in [1.82, 2.24) is 19.9 Å². The molecule has 1 aliphatic rings. The molecule has 0 spiro atoms. The fourth-order valence-electron chi connectivity index (χ4n) is 3.88. The van der Waals surface area contributed by atoms with Crippen LogP contribution < -0.4 is 5.73 Å². The van der Waals surface area contributed by atoms with Gasteiger partial charge >= 0.3 is 0 Å². The Hall–Kier alpha value is -2.52. The Balaban J connectivity index is 1.72. The maximum atomic E-state index is 14.4. The largest absolute Gasteiger partial charge is 0.383 e. The number of aromatic amines is 1. The average molecular weight is 462 g/mol. The van der Waals surface area contributed by atoms with Crippen LogP contribution in [-0.2, 0) is 11.3 Å². The second kappa shape index (κ2) is 7.38. The number of aromatic nitrogens is 3. The average Bonchev–Trinajstić information content (AvgIpc) is 3.26. The number of hydrogen-bond acceptors (Lipinski definition) is 5. The van der Waals surface area contributed by atoms with E-state index in [0.717, 1.165) is 16.6 Å². The molecule has 0 aliphatic carbocycles. The number of nitrogens with zero attached hydrogens (tertiary/aromatic N) is 3. The number of nitrogens with two attached hydrogens (primary N) is 1. The molecule has 29 heavy (non-hydrogen) atoms. The highest BCUT2D eigenvalue weighted by Gasteiger charge is 2.29. The van der Waals surface area contributed by atoms with Gasteiger partial charge in [0.25, 0.3) is 5.91 Å². The van der Waals surface area contributed by atoms with Gasteiger partial charge in [0.05, 0.1) is 35.5 Å². The standard InChI is InChI=1S/C20H21BrFN5O2/c1-4-27(9(2)17-13(22)5-11(21)7-24-17)20(28)15-6-14-18(25-15)12-8-29-10(3)16(12)19(23)26-14/h5-7,9-10,25H,4,8H2,1-3H3,(H2,23,26)/t9-,10+/m0/s1. The second-order valence-corrected chi connectivity index (χ2v) is 7.99. The third-order valence-electron chi connectivity index (χ3n) is 5.36. The summed E-state index contributed by atoms with van der Waals surface area (Å²) in [5.41, 5.74) is 9.83. The molecule has 1 aliphatic heterocycles. The van der Waals surface area contributed by atoms with Crippen LogP contribution in [0.3, 0.4) is 0 Å². The van der Waals surface area contributed by atoms with Crippen molar-refractivity contribution in [1.29, 1.82) is 0 Å². The Kier molecular flexibility index (Phi) is 5.04. The molecule has 4 rings (SSSR count). The summed E-state index contributed by atoms with van der Waals surface area (Å²) in [6, 6.07) is 2.48. The predicted octanol–water partition coefficient (Wildman–Crippen LogP) is 4.26. The SMILES string of the molecule is CCN(C(=O)c1cc2nc(N)c3c(c2[nH]1)CO[C@@H]3C)[C@@H](C)c1ncc(Br)cc1F. The van der Waals surface area contributed by atoms with Crippen LogP contribution >= 0.6 is 15.9 Å². The lowest BCUT2D eigenvalue weighted by Crippen LogP contribution is -2.34. The number of H-pyrrole nitrogens is 1. The van der Waals surface area contributed by atoms with E-state index < -0.39 is 11.9 Å². The van der Waals surface area contributed by atoms with E-state index in [0.29, 0.717) is 34.7 Å². The van der Waals surface area contributed by atoms with Gasteiger partial charge in [-0.1, -0.05) is 0 Å². The molecule has 3 aromatic heterocycles. The van der Waals surface area contributed by atoms with E-state index in [4.69, 9.17) is 10.5 Å². The van der Waals surface area contributed by atoms with Gasteiger partial charge in [-0.15, -0.1) is 0 Å². The smallest absolute Gasteiger partial charge is 0.270 e. The molecule has 0 unspecified atom stereocenters. The summed E-state index contributed by atoms with van der Waals surface area (Å²) < 4.78 is 20.6. The van der Waals surface area contributed by atoms with Crippen LogP contribution in [0.1, 0.15) is 60.2 Å². The maximum absolute atomic E-state index is 14.4. The zero-order chi connectivity index (χ0) is 20.9. The summed E-state index contributed by atoms with van der Waals surface area (Å²) in [6.45, 7) is 6.32. The third kappa shape index (κ3) is 3.28. The van der Waals surface area contributed by atoms with Gasteiger partial charge in [0, 0.05) is 28.3 Å². The normalized spacial score (nSPS) is 16.8. The summed E-state index contributed by atoms with van der Waals surface area (Å²) in [6.07, 6.45) is 1.39. The fraction of sp³-hybridized carbons (Fsp3) is 0.350. The van der Waals surface area contributed by atoms with E-state index in [1.165, 1.54) is 12.3 Å². The van der Waals surface area contributed by atoms with Gasteiger partial charge in [-0.05, 0) is 48.8 Å². The molecular weight excluding hydrogens is 441 g/mol. The summed E-state index contributed by atoms with van der Waals surface area (Å²) in [7, 11) is 0. The Labute approximate surface area is 175 Å². The van der Waals surface area contributed by atoms with Gasteiger partial charge in [0.2, 0.25) is 0 Å². The quantitative estimate of drug-likeness (QED) is 0.604. The number of nitrogen functional groups attached to an aromatic ring is 1. The molecule has 0 radical (unpaired) electrons. The molecule has 1 amide bonds. The molecule has 3 aromatic rings. The summed E-state index contributed by atoms with van der Waals surface area (Å²) in [5, 5.41) is 0. The first-order valence-electron chi connectivity index (χ1n) is 9.36. The number of pyridine rings is 2. The van der Waals surface area contributed by atoms with Crippen LogP contribution in [0.2, 0.25) is 0 Å². The number of rotatable bonds is 4. The van der Waals surface area contributed by atoms with E-state index in [1.54, 1.807) is 17.9 Å². The molecule has 0 bridgehead atoms. The van der Waals surface area contributed by atoms with Crippen LogP contribution in [-0.4, -0.2) is 32.3 Å². The zero-order valence-electron chi connectivity index (χ0n) is 16.3. The van der Waals surface area contributed by atoms with Crippen LogP contribution in [0.25, 0.3) is 11.0 Å². The topological polar surface area (TPSA) is 97.1 Å². The van der Waals surface area contributed by atoms with Crippen molar-refractivity contribution in [2.24, 2.45) is 0 Å². The van der Waals surface area contributed by atoms with Crippen molar-refractivity contribution in [2.45, 2.75) is 39.5 Å². The monoisotopic (exact) mass is 461 g/mol. The number of fused-ring (bicyclic) bond motifs is 3. The van der Waals surface area contributed by atoms with Crippen molar-refractivity contribution < 1.29 is 13.9 Å². The minimum atomic E-state index is -0.542. The minimum absolute atomic E-state index is 0.136. The highest BCUT2D eigenvalue weighted by atomic mass is 79.9. The first-order valence-corrected chi connectivity index (χ1v) is 10.2. The van der Waals surface area contributed by atoms with Gasteiger partial charge in [-0.25, -0.2) is 9.37 Å².